The van der Waals surface area contributed by atoms with Crippen LogP contribution in [0.4, 0.5) is 0 Å². The van der Waals surface area contributed by atoms with Gasteiger partial charge in [-0.1, -0.05) is 30.7 Å². The van der Waals surface area contributed by atoms with E-state index in [1.54, 1.807) is 0 Å². The first kappa shape index (κ1) is 16.3. The number of nitrogens with zero attached hydrogens (tertiary/aromatic N) is 2. The summed E-state index contributed by atoms with van der Waals surface area (Å²) in [6.45, 7) is 9.06. The summed E-state index contributed by atoms with van der Waals surface area (Å²) in [5.74, 6) is 0. The van der Waals surface area contributed by atoms with Crippen molar-refractivity contribution < 1.29 is 15.2 Å². The molecule has 100 valence electrons. The fourth-order valence-electron chi connectivity index (χ4n) is 1.58. The lowest BCUT2D eigenvalue weighted by molar-refractivity contribution is -1.23. The van der Waals surface area contributed by atoms with Gasteiger partial charge in [-0.15, -0.1) is 0 Å². The first-order chi connectivity index (χ1) is 7.89. The van der Waals surface area contributed by atoms with Gasteiger partial charge in [0.2, 0.25) is 0 Å². The number of hydroxylamine groups is 4. The van der Waals surface area contributed by atoms with E-state index in [-0.39, 0.29) is 0 Å². The molecule has 0 spiro atoms. The standard InChI is InChI=1S/C13H27N2O2/c1-5-7-8-13(3)12-14(9-6-2)10-11-15(4,16)17/h5,7-8,16-17H,6,9-12H2,1-4H3/q+1/b7-5-,13-8+. The van der Waals surface area contributed by atoms with Gasteiger partial charge < -0.3 is 0 Å². The molecule has 0 bridgehead atoms. The Morgan fingerprint density at radius 2 is 1.94 bits per heavy atom. The Morgan fingerprint density at radius 3 is 2.41 bits per heavy atom. The number of rotatable bonds is 8. The molecule has 0 amide bonds. The second kappa shape index (κ2) is 8.42. The van der Waals surface area contributed by atoms with Crippen LogP contribution in [0.5, 0.6) is 0 Å². The van der Waals surface area contributed by atoms with Crippen LogP contribution in [0, 0.1) is 0 Å². The molecule has 0 heterocycles. The third-order valence-corrected chi connectivity index (χ3v) is 2.43. The molecule has 0 fully saturated rings. The summed E-state index contributed by atoms with van der Waals surface area (Å²) >= 11 is 0. The molecule has 4 nitrogen and oxygen atoms in total. The van der Waals surface area contributed by atoms with E-state index < -0.39 is 4.81 Å². The average Bonchev–Trinajstić information content (AvgIpc) is 2.22. The molecule has 17 heavy (non-hydrogen) atoms. The lowest BCUT2D eigenvalue weighted by Crippen LogP contribution is -2.43. The van der Waals surface area contributed by atoms with E-state index >= 15 is 0 Å². The Labute approximate surface area is 105 Å². The third-order valence-electron chi connectivity index (χ3n) is 2.43. The Morgan fingerprint density at radius 1 is 1.29 bits per heavy atom. The Bertz CT molecular complexity index is 255. The molecule has 0 aromatic carbocycles. The monoisotopic (exact) mass is 243 g/mol. The zero-order valence-electron chi connectivity index (χ0n) is 11.6. The van der Waals surface area contributed by atoms with Crippen LogP contribution in [0.2, 0.25) is 0 Å². The maximum Gasteiger partial charge on any atom is 0.154 e. The normalized spacial score (nSPS) is 13.9. The van der Waals surface area contributed by atoms with Gasteiger partial charge in [0.15, 0.2) is 6.54 Å². The SMILES string of the molecule is C/C=C\C=C(/C)CN(CCC)CC[N+](C)(O)O. The van der Waals surface area contributed by atoms with Crippen molar-refractivity contribution in [3.63, 3.8) is 0 Å². The van der Waals surface area contributed by atoms with Crippen LogP contribution >= 0.6 is 0 Å². The molecular formula is C13H27N2O2+. The number of allylic oxidation sites excluding steroid dienone is 3. The van der Waals surface area contributed by atoms with Crippen LogP contribution in [-0.2, 0) is 0 Å². The summed E-state index contributed by atoms with van der Waals surface area (Å²) in [7, 11) is 1.37. The highest BCUT2D eigenvalue weighted by atomic mass is 16.8. The minimum absolute atomic E-state index is 0.316. The largest absolute Gasteiger partial charge is 0.294 e. The number of hydrogen-bond acceptors (Lipinski definition) is 3. The van der Waals surface area contributed by atoms with Crippen molar-refractivity contribution in [1.82, 2.24) is 4.90 Å². The van der Waals surface area contributed by atoms with E-state index in [0.717, 1.165) is 19.5 Å². The van der Waals surface area contributed by atoms with Gasteiger partial charge in [0, 0.05) is 6.54 Å². The first-order valence-electron chi connectivity index (χ1n) is 6.21. The van der Waals surface area contributed by atoms with E-state index in [1.165, 1.54) is 12.6 Å². The fourth-order valence-corrected chi connectivity index (χ4v) is 1.58. The first-order valence-corrected chi connectivity index (χ1v) is 6.21. The van der Waals surface area contributed by atoms with Gasteiger partial charge in [-0.3, -0.25) is 4.90 Å². The lowest BCUT2D eigenvalue weighted by Gasteiger charge is -2.24. The van der Waals surface area contributed by atoms with Gasteiger partial charge >= 0.3 is 0 Å². The zero-order chi connectivity index (χ0) is 13.3. The van der Waals surface area contributed by atoms with Gasteiger partial charge in [0.25, 0.3) is 0 Å². The molecule has 4 heteroatoms. The van der Waals surface area contributed by atoms with Crippen molar-refractivity contribution in [2.45, 2.75) is 27.2 Å². The molecular weight excluding hydrogens is 216 g/mol. The molecule has 0 aliphatic rings. The third kappa shape index (κ3) is 10.2. The van der Waals surface area contributed by atoms with E-state index in [0.29, 0.717) is 13.1 Å². The molecule has 0 radical (unpaired) electrons. The van der Waals surface area contributed by atoms with E-state index in [4.69, 9.17) is 0 Å². The summed E-state index contributed by atoms with van der Waals surface area (Å²) in [6, 6.07) is 0. The van der Waals surface area contributed by atoms with Crippen molar-refractivity contribution in [2.24, 2.45) is 0 Å². The molecule has 0 aliphatic carbocycles. The van der Waals surface area contributed by atoms with E-state index in [2.05, 4.69) is 24.8 Å². The summed E-state index contributed by atoms with van der Waals surface area (Å²) < 4.78 is 0. The number of quaternary nitrogens is 1. The second-order valence-corrected chi connectivity index (χ2v) is 4.63. The van der Waals surface area contributed by atoms with E-state index in [1.807, 2.05) is 19.1 Å². The van der Waals surface area contributed by atoms with E-state index in [9.17, 15) is 10.4 Å². The molecule has 0 saturated carbocycles. The van der Waals surface area contributed by atoms with Crippen molar-refractivity contribution in [3.8, 4) is 0 Å². The van der Waals surface area contributed by atoms with Crippen molar-refractivity contribution in [1.29, 1.82) is 0 Å². The number of likely N-dealkylation sites (N-methyl/N-ethyl adjacent to an activating group) is 1. The molecule has 2 N–H and O–H groups in total. The van der Waals surface area contributed by atoms with Crippen LogP contribution in [0.15, 0.2) is 23.8 Å². The smallest absolute Gasteiger partial charge is 0.154 e. The van der Waals surface area contributed by atoms with Crippen LogP contribution in [0.1, 0.15) is 27.2 Å². The molecule has 0 aromatic heterocycles. The van der Waals surface area contributed by atoms with Gasteiger partial charge in [-0.05, 0) is 31.6 Å². The van der Waals surface area contributed by atoms with Crippen molar-refractivity contribution in [3.05, 3.63) is 23.8 Å². The highest BCUT2D eigenvalue weighted by Gasteiger charge is 2.16. The quantitative estimate of drug-likeness (QED) is 0.391. The maximum atomic E-state index is 9.25. The highest BCUT2D eigenvalue weighted by molar-refractivity contribution is 5.11. The highest BCUT2D eigenvalue weighted by Crippen LogP contribution is 2.02. The molecule has 0 rings (SSSR count). The predicted octanol–water partition coefficient (Wildman–Crippen LogP) is 2.45. The fraction of sp³-hybridized carbons (Fsp3) is 0.692. The van der Waals surface area contributed by atoms with Crippen molar-refractivity contribution in [2.75, 3.05) is 33.2 Å². The van der Waals surface area contributed by atoms with Gasteiger partial charge in [0.1, 0.15) is 7.05 Å². The lowest BCUT2D eigenvalue weighted by atomic mass is 10.2. The summed E-state index contributed by atoms with van der Waals surface area (Å²) in [6.07, 6.45) is 7.19. The minimum Gasteiger partial charge on any atom is -0.294 e. The van der Waals surface area contributed by atoms with Crippen molar-refractivity contribution >= 4 is 0 Å². The summed E-state index contributed by atoms with van der Waals surface area (Å²) in [4.78, 5) is 1.27. The van der Waals surface area contributed by atoms with Crippen LogP contribution in [0.3, 0.4) is 0 Å². The molecule has 0 unspecified atom stereocenters. The van der Waals surface area contributed by atoms with Gasteiger partial charge in [0.05, 0.1) is 6.54 Å². The second-order valence-electron chi connectivity index (χ2n) is 4.63. The predicted molar refractivity (Wildman–Crippen MR) is 69.9 cm³/mol. The topological polar surface area (TPSA) is 43.7 Å². The summed E-state index contributed by atoms with van der Waals surface area (Å²) in [5, 5.41) is 18.5. The maximum absolute atomic E-state index is 9.25. The molecule has 0 atom stereocenters. The van der Waals surface area contributed by atoms with Crippen LogP contribution in [0.25, 0.3) is 0 Å². The van der Waals surface area contributed by atoms with Gasteiger partial charge in [-0.25, -0.2) is 0 Å². The molecule has 0 aliphatic heterocycles. The molecule has 0 aromatic rings. The average molecular weight is 243 g/mol. The summed E-state index contributed by atoms with van der Waals surface area (Å²) in [5.41, 5.74) is 1.28. The Balaban J connectivity index is 4.23. The molecule has 0 saturated heterocycles. The minimum atomic E-state index is -0.960. The van der Waals surface area contributed by atoms with Crippen LogP contribution in [-0.4, -0.2) is 53.4 Å². The Hall–Kier alpha value is -0.680. The zero-order valence-corrected chi connectivity index (χ0v) is 11.6. The Kier molecular flexibility index (Phi) is 8.08. The number of hydrogen-bond donors (Lipinski definition) is 2. The van der Waals surface area contributed by atoms with Gasteiger partial charge in [-0.2, -0.15) is 10.4 Å². The van der Waals surface area contributed by atoms with Crippen LogP contribution < -0.4 is 0 Å².